The molecule has 1 aliphatic heterocycles. The Morgan fingerprint density at radius 1 is 1.06 bits per heavy atom. The van der Waals surface area contributed by atoms with Gasteiger partial charge in [0.1, 0.15) is 12.4 Å². The second kappa shape index (κ2) is 9.00. The molecule has 6 nitrogen and oxygen atoms in total. The molecular weight excluding hydrogens is 390 g/mol. The van der Waals surface area contributed by atoms with Gasteiger partial charge in [0.05, 0.1) is 11.1 Å². The molecule has 0 spiro atoms. The van der Waals surface area contributed by atoms with E-state index in [4.69, 9.17) is 4.74 Å². The number of urea groups is 1. The number of aryl methyl sites for hydroxylation is 2. The number of carbonyl (C=O) groups excluding carboxylic acids is 2. The molecule has 6 heteroatoms. The largest absolute Gasteiger partial charge is 0.490 e. The Morgan fingerprint density at radius 3 is 2.35 bits per heavy atom. The van der Waals surface area contributed by atoms with Crippen LogP contribution in [0, 0.1) is 25.2 Å². The van der Waals surface area contributed by atoms with Crippen LogP contribution < -0.4 is 20.3 Å². The van der Waals surface area contributed by atoms with E-state index in [1.54, 1.807) is 12.1 Å². The van der Waals surface area contributed by atoms with E-state index in [-0.39, 0.29) is 18.5 Å². The summed E-state index contributed by atoms with van der Waals surface area (Å²) in [4.78, 5) is 27.4. The fourth-order valence-corrected chi connectivity index (χ4v) is 3.45. The lowest BCUT2D eigenvalue weighted by Gasteiger charge is -2.28. The van der Waals surface area contributed by atoms with Crippen molar-refractivity contribution in [1.29, 1.82) is 0 Å². The molecule has 3 rings (SSSR count). The molecule has 1 aliphatic rings. The molecule has 2 aromatic carbocycles. The van der Waals surface area contributed by atoms with Gasteiger partial charge in [0.25, 0.3) is 0 Å². The van der Waals surface area contributed by atoms with Crippen LogP contribution in [-0.2, 0) is 4.79 Å². The summed E-state index contributed by atoms with van der Waals surface area (Å²) in [6, 6.07) is 10.9. The summed E-state index contributed by atoms with van der Waals surface area (Å²) < 4.78 is 6.01. The van der Waals surface area contributed by atoms with Gasteiger partial charge in [-0.2, -0.15) is 0 Å². The first-order valence-corrected chi connectivity index (χ1v) is 10.8. The first kappa shape index (κ1) is 22.7. The Balaban J connectivity index is 1.79. The second-order valence-corrected chi connectivity index (χ2v) is 9.37. The molecule has 31 heavy (non-hydrogen) atoms. The molecule has 166 valence electrons. The molecule has 3 amide bonds. The van der Waals surface area contributed by atoms with E-state index in [0.717, 1.165) is 23.4 Å². The van der Waals surface area contributed by atoms with Gasteiger partial charge in [-0.1, -0.05) is 19.9 Å². The van der Waals surface area contributed by atoms with Gasteiger partial charge >= 0.3 is 6.03 Å². The number of amides is 3. The third-order valence-electron chi connectivity index (χ3n) is 5.62. The van der Waals surface area contributed by atoms with Crippen molar-refractivity contribution >= 4 is 29.0 Å². The molecule has 0 saturated heterocycles. The van der Waals surface area contributed by atoms with Crippen LogP contribution in [0.1, 0.15) is 45.2 Å². The molecule has 0 bridgehead atoms. The second-order valence-electron chi connectivity index (χ2n) is 9.37. The minimum absolute atomic E-state index is 0.0556. The molecular formula is C25H33N3O3. The Labute approximate surface area is 185 Å². The standard InChI is InChI=1S/C25H33N3O3/c1-16(2)11-12-28-21-10-9-20(14-22(21)31-15-25(5,6)23(28)29)27-24(30)26-19-8-7-17(3)18(4)13-19/h7-10,13-14,16H,11-12,15H2,1-6H3,(H2,26,27,30). The first-order chi connectivity index (χ1) is 14.6. The van der Waals surface area contributed by atoms with Gasteiger partial charge in [0.2, 0.25) is 5.91 Å². The summed E-state index contributed by atoms with van der Waals surface area (Å²) in [7, 11) is 0. The number of benzene rings is 2. The predicted octanol–water partition coefficient (Wildman–Crippen LogP) is 5.75. The average Bonchev–Trinajstić information content (AvgIpc) is 2.78. The topological polar surface area (TPSA) is 70.7 Å². The highest BCUT2D eigenvalue weighted by atomic mass is 16.5. The van der Waals surface area contributed by atoms with Gasteiger partial charge in [-0.15, -0.1) is 0 Å². The summed E-state index contributed by atoms with van der Waals surface area (Å²) in [5.41, 5.74) is 3.76. The number of carbonyl (C=O) groups is 2. The monoisotopic (exact) mass is 423 g/mol. The van der Waals surface area contributed by atoms with E-state index in [2.05, 4.69) is 24.5 Å². The number of rotatable bonds is 5. The Morgan fingerprint density at radius 2 is 1.71 bits per heavy atom. The number of fused-ring (bicyclic) bond motifs is 1. The maximum Gasteiger partial charge on any atom is 0.323 e. The van der Waals surface area contributed by atoms with Crippen molar-refractivity contribution < 1.29 is 14.3 Å². The summed E-state index contributed by atoms with van der Waals surface area (Å²) >= 11 is 0. The van der Waals surface area contributed by atoms with Crippen LogP contribution in [-0.4, -0.2) is 25.1 Å². The van der Waals surface area contributed by atoms with Crippen LogP contribution in [0.5, 0.6) is 5.75 Å². The van der Waals surface area contributed by atoms with Crippen LogP contribution in [0.4, 0.5) is 21.9 Å². The van der Waals surface area contributed by atoms with Crippen molar-refractivity contribution in [2.75, 3.05) is 28.7 Å². The van der Waals surface area contributed by atoms with Crippen LogP contribution in [0.3, 0.4) is 0 Å². The summed E-state index contributed by atoms with van der Waals surface area (Å²) in [5, 5.41) is 5.72. The van der Waals surface area contributed by atoms with Crippen LogP contribution in [0.25, 0.3) is 0 Å². The van der Waals surface area contributed by atoms with E-state index in [1.165, 1.54) is 5.56 Å². The van der Waals surface area contributed by atoms with Crippen LogP contribution in [0.15, 0.2) is 36.4 Å². The summed E-state index contributed by atoms with van der Waals surface area (Å²) in [6.07, 6.45) is 0.902. The first-order valence-electron chi connectivity index (χ1n) is 10.8. The highest BCUT2D eigenvalue weighted by Crippen LogP contribution is 2.38. The smallest absolute Gasteiger partial charge is 0.323 e. The fourth-order valence-electron chi connectivity index (χ4n) is 3.45. The van der Waals surface area contributed by atoms with Crippen LogP contribution in [0.2, 0.25) is 0 Å². The molecule has 0 radical (unpaired) electrons. The molecule has 1 heterocycles. The van der Waals surface area contributed by atoms with Crippen molar-refractivity contribution in [3.05, 3.63) is 47.5 Å². The van der Waals surface area contributed by atoms with E-state index in [0.29, 0.717) is 23.9 Å². The Kier molecular flexibility index (Phi) is 6.58. The fraction of sp³-hybridized carbons (Fsp3) is 0.440. The van der Waals surface area contributed by atoms with E-state index < -0.39 is 5.41 Å². The minimum atomic E-state index is -0.621. The zero-order valence-corrected chi connectivity index (χ0v) is 19.3. The summed E-state index contributed by atoms with van der Waals surface area (Å²) in [5.74, 6) is 1.14. The number of ether oxygens (including phenoxy) is 1. The van der Waals surface area contributed by atoms with Crippen molar-refractivity contribution in [2.45, 2.75) is 48.0 Å². The number of nitrogens with zero attached hydrogens (tertiary/aromatic N) is 1. The maximum atomic E-state index is 13.1. The third-order valence-corrected chi connectivity index (χ3v) is 5.62. The Bertz CT molecular complexity index is 982. The number of anilines is 3. The molecule has 0 unspecified atom stereocenters. The summed E-state index contributed by atoms with van der Waals surface area (Å²) in [6.45, 7) is 13.1. The minimum Gasteiger partial charge on any atom is -0.490 e. The number of hydrogen-bond donors (Lipinski definition) is 2. The van der Waals surface area contributed by atoms with E-state index >= 15 is 0 Å². The molecule has 2 aromatic rings. The Hall–Kier alpha value is -3.02. The highest BCUT2D eigenvalue weighted by molar-refractivity contribution is 6.02. The molecule has 0 fully saturated rings. The van der Waals surface area contributed by atoms with Gasteiger partial charge < -0.3 is 20.3 Å². The number of nitrogens with one attached hydrogen (secondary N) is 2. The van der Waals surface area contributed by atoms with Crippen LogP contribution >= 0.6 is 0 Å². The van der Waals surface area contributed by atoms with Gasteiger partial charge in [-0.05, 0) is 75.4 Å². The molecule has 0 saturated carbocycles. The molecule has 2 N–H and O–H groups in total. The number of hydrogen-bond acceptors (Lipinski definition) is 3. The third kappa shape index (κ3) is 5.37. The molecule has 0 aliphatic carbocycles. The van der Waals surface area contributed by atoms with Gasteiger partial charge in [0, 0.05) is 24.0 Å². The average molecular weight is 424 g/mol. The quantitative estimate of drug-likeness (QED) is 0.644. The van der Waals surface area contributed by atoms with Gasteiger partial charge in [-0.3, -0.25) is 4.79 Å². The zero-order valence-electron chi connectivity index (χ0n) is 19.3. The van der Waals surface area contributed by atoms with Crippen molar-refractivity contribution in [2.24, 2.45) is 11.3 Å². The van der Waals surface area contributed by atoms with Gasteiger partial charge in [-0.25, -0.2) is 4.79 Å². The lowest BCUT2D eigenvalue weighted by atomic mass is 9.92. The maximum absolute atomic E-state index is 13.1. The predicted molar refractivity (Wildman–Crippen MR) is 126 cm³/mol. The SMILES string of the molecule is Cc1ccc(NC(=O)Nc2ccc3c(c2)OCC(C)(C)C(=O)N3CCC(C)C)cc1C. The van der Waals surface area contributed by atoms with Crippen molar-refractivity contribution in [3.8, 4) is 5.75 Å². The molecule has 0 atom stereocenters. The zero-order chi connectivity index (χ0) is 22.8. The van der Waals surface area contributed by atoms with E-state index in [9.17, 15) is 9.59 Å². The van der Waals surface area contributed by atoms with Crippen molar-refractivity contribution in [3.63, 3.8) is 0 Å². The highest BCUT2D eigenvalue weighted by Gasteiger charge is 2.37. The lowest BCUT2D eigenvalue weighted by molar-refractivity contribution is -0.127. The van der Waals surface area contributed by atoms with Crippen molar-refractivity contribution in [1.82, 2.24) is 0 Å². The normalized spacial score (nSPS) is 15.2. The molecule has 0 aromatic heterocycles. The van der Waals surface area contributed by atoms with E-state index in [1.807, 2.05) is 56.9 Å². The lowest BCUT2D eigenvalue weighted by Crippen LogP contribution is -2.42. The van der Waals surface area contributed by atoms with Gasteiger partial charge in [0.15, 0.2) is 0 Å².